The summed E-state index contributed by atoms with van der Waals surface area (Å²) >= 11 is 0. The third kappa shape index (κ3) is 5.00. The zero-order valence-electron chi connectivity index (χ0n) is 33.4. The SMILES string of the molecule is CC(C)(C)C1=CC2C=CC3=C4C(=C(C5=CC6=C(CC5)C5=C(C=C(C7=CC=C8C=CC9=CC(C(C)(C)C)CC%10=C9C8C7C=C%10)CC5)CC6)CC3)C=CC(=C1)C42. The largest absolute Gasteiger partial charge is 0.0764 e. The minimum absolute atomic E-state index is 0.176. The van der Waals surface area contributed by atoms with E-state index in [-0.39, 0.29) is 10.8 Å². The Labute approximate surface area is 324 Å². The Hall–Kier alpha value is -4.16. The number of hydrogen-bond acceptors (Lipinski definition) is 0. The van der Waals surface area contributed by atoms with Gasteiger partial charge in [-0.1, -0.05) is 133 Å². The molecule has 0 fully saturated rings. The van der Waals surface area contributed by atoms with Gasteiger partial charge in [-0.05, 0) is 169 Å². The zero-order chi connectivity index (χ0) is 36.7. The van der Waals surface area contributed by atoms with Crippen molar-refractivity contribution in [1.29, 1.82) is 0 Å². The maximum Gasteiger partial charge on any atom is 0.0201 e. The smallest absolute Gasteiger partial charge is 0.0201 e. The number of allylic oxidation sites excluding steroid dienone is 32. The molecule has 11 rings (SSSR count). The van der Waals surface area contributed by atoms with Crippen LogP contribution in [-0.4, -0.2) is 0 Å². The lowest BCUT2D eigenvalue weighted by Gasteiger charge is -2.44. The highest BCUT2D eigenvalue weighted by Gasteiger charge is 2.43. The maximum absolute atomic E-state index is 2.67. The Kier molecular flexibility index (Phi) is 7.18. The molecule has 272 valence electrons. The van der Waals surface area contributed by atoms with Crippen molar-refractivity contribution in [2.75, 3.05) is 0 Å². The number of fused-ring (bicyclic) bond motifs is 1. The van der Waals surface area contributed by atoms with Gasteiger partial charge in [-0.15, -0.1) is 0 Å². The van der Waals surface area contributed by atoms with Crippen molar-refractivity contribution >= 4 is 0 Å². The van der Waals surface area contributed by atoms with Gasteiger partial charge in [0.05, 0.1) is 0 Å². The van der Waals surface area contributed by atoms with Crippen LogP contribution in [0, 0.1) is 40.4 Å². The topological polar surface area (TPSA) is 0 Å². The van der Waals surface area contributed by atoms with Crippen molar-refractivity contribution in [2.45, 2.75) is 99.3 Å². The van der Waals surface area contributed by atoms with E-state index in [1.54, 1.807) is 72.5 Å². The van der Waals surface area contributed by atoms with E-state index in [2.05, 4.69) is 133 Å². The van der Waals surface area contributed by atoms with E-state index in [4.69, 9.17) is 0 Å². The first-order valence-corrected chi connectivity index (χ1v) is 21.4. The molecule has 11 aliphatic carbocycles. The summed E-state index contributed by atoms with van der Waals surface area (Å²) in [5, 5.41) is 0. The Morgan fingerprint density at radius 1 is 0.537 bits per heavy atom. The second-order valence-corrected chi connectivity index (χ2v) is 20.2. The average molecular weight is 705 g/mol. The van der Waals surface area contributed by atoms with Crippen LogP contribution in [0.1, 0.15) is 99.3 Å². The van der Waals surface area contributed by atoms with Crippen molar-refractivity contribution < 1.29 is 0 Å². The molecule has 0 saturated carbocycles. The van der Waals surface area contributed by atoms with Crippen LogP contribution < -0.4 is 0 Å². The lowest BCUT2D eigenvalue weighted by Crippen LogP contribution is -2.32. The van der Waals surface area contributed by atoms with Gasteiger partial charge < -0.3 is 0 Å². The molecule has 0 aromatic heterocycles. The fraction of sp³-hybridized carbons (Fsp3) is 0.407. The molecule has 0 nitrogen and oxygen atoms in total. The predicted molar refractivity (Wildman–Crippen MR) is 226 cm³/mol. The Bertz CT molecular complexity index is 2350. The Morgan fingerprint density at radius 3 is 2.02 bits per heavy atom. The van der Waals surface area contributed by atoms with Crippen LogP contribution in [0.5, 0.6) is 0 Å². The van der Waals surface area contributed by atoms with Crippen molar-refractivity contribution in [3.8, 4) is 0 Å². The Morgan fingerprint density at radius 2 is 1.24 bits per heavy atom. The molecule has 0 radical (unpaired) electrons. The molecule has 11 aliphatic rings. The van der Waals surface area contributed by atoms with Crippen molar-refractivity contribution in [2.24, 2.45) is 40.4 Å². The van der Waals surface area contributed by atoms with Gasteiger partial charge in [0.25, 0.3) is 0 Å². The van der Waals surface area contributed by atoms with E-state index >= 15 is 0 Å². The van der Waals surface area contributed by atoms with Gasteiger partial charge in [0.2, 0.25) is 0 Å². The van der Waals surface area contributed by atoms with E-state index < -0.39 is 0 Å². The molecule has 5 unspecified atom stereocenters. The van der Waals surface area contributed by atoms with Crippen LogP contribution in [0.15, 0.2) is 186 Å². The van der Waals surface area contributed by atoms with Gasteiger partial charge in [0.15, 0.2) is 0 Å². The molecule has 0 aliphatic heterocycles. The molecule has 0 heteroatoms. The molecule has 0 amide bonds. The zero-order valence-corrected chi connectivity index (χ0v) is 33.4. The van der Waals surface area contributed by atoms with Crippen LogP contribution in [0.4, 0.5) is 0 Å². The molecule has 0 aromatic carbocycles. The molecule has 0 aromatic rings. The highest BCUT2D eigenvalue weighted by Crippen LogP contribution is 2.56. The summed E-state index contributed by atoms with van der Waals surface area (Å²) in [6.45, 7) is 14.3. The second kappa shape index (κ2) is 11.7. The fourth-order valence-electron chi connectivity index (χ4n) is 12.1. The van der Waals surface area contributed by atoms with E-state index in [1.165, 1.54) is 80.1 Å². The van der Waals surface area contributed by atoms with E-state index in [0.717, 1.165) is 0 Å². The lowest BCUT2D eigenvalue weighted by atomic mass is 9.60. The summed E-state index contributed by atoms with van der Waals surface area (Å²) in [5.41, 5.74) is 27.6. The van der Waals surface area contributed by atoms with Crippen molar-refractivity contribution in [1.82, 2.24) is 0 Å². The highest BCUT2D eigenvalue weighted by molar-refractivity contribution is 5.69. The minimum atomic E-state index is 0.176. The molecule has 0 N–H and O–H groups in total. The molecule has 0 bridgehead atoms. The monoisotopic (exact) mass is 704 g/mol. The van der Waals surface area contributed by atoms with Gasteiger partial charge >= 0.3 is 0 Å². The average Bonchev–Trinajstić information content (AvgIpc) is 3.17. The van der Waals surface area contributed by atoms with Crippen LogP contribution in [-0.2, 0) is 0 Å². The molecular weight excluding hydrogens is 649 g/mol. The van der Waals surface area contributed by atoms with Crippen LogP contribution in [0.25, 0.3) is 0 Å². The van der Waals surface area contributed by atoms with Crippen molar-refractivity contribution in [3.05, 3.63) is 186 Å². The van der Waals surface area contributed by atoms with Gasteiger partial charge in [0.1, 0.15) is 0 Å². The summed E-state index contributed by atoms with van der Waals surface area (Å²) in [6, 6.07) is 0. The summed E-state index contributed by atoms with van der Waals surface area (Å²) in [7, 11) is 0. The van der Waals surface area contributed by atoms with Crippen molar-refractivity contribution in [3.63, 3.8) is 0 Å². The summed E-state index contributed by atoms with van der Waals surface area (Å²) in [4.78, 5) is 0. The number of hydrogen-bond donors (Lipinski definition) is 0. The predicted octanol–water partition coefficient (Wildman–Crippen LogP) is 14.0. The molecular formula is C54H56. The number of rotatable bonds is 2. The summed E-state index contributed by atoms with van der Waals surface area (Å²) < 4.78 is 0. The molecule has 0 heterocycles. The fourth-order valence-corrected chi connectivity index (χ4v) is 12.1. The second-order valence-electron chi connectivity index (χ2n) is 20.2. The highest BCUT2D eigenvalue weighted by atomic mass is 14.5. The minimum Gasteiger partial charge on any atom is -0.0764 e. The van der Waals surface area contributed by atoms with Crippen LogP contribution in [0.3, 0.4) is 0 Å². The van der Waals surface area contributed by atoms with Gasteiger partial charge in [-0.2, -0.15) is 0 Å². The first-order valence-electron chi connectivity index (χ1n) is 21.4. The van der Waals surface area contributed by atoms with Gasteiger partial charge in [-0.25, -0.2) is 0 Å². The lowest BCUT2D eigenvalue weighted by molar-refractivity contribution is 0.287. The quantitative estimate of drug-likeness (QED) is 0.268. The molecule has 5 atom stereocenters. The summed E-state index contributed by atoms with van der Waals surface area (Å²) in [5.74, 6) is 2.51. The molecule has 0 spiro atoms. The normalized spacial score (nSPS) is 31.9. The standard InChI is InChI=1S/C54H56/c1-53(2,3)41-27-37-11-7-31-13-19-45(47-23-17-39(29-41)49(37)51(31)47)35-15-21-43-33(25-35)9-10-34-26-36(16-22-44(34)43)46-20-14-32-8-12-38-28-42(54(4,5)6)30-40-18-24-48(46)52(32)50(38)40/h7-8,11-13,17-19,23-28,30,38,41,47,50-51H,9-10,14-16,20-22,29H2,1-6H3. The van der Waals surface area contributed by atoms with E-state index in [0.29, 0.717) is 29.6 Å². The summed E-state index contributed by atoms with van der Waals surface area (Å²) in [6.07, 6.45) is 48.6. The third-order valence-electron chi connectivity index (χ3n) is 15.1. The van der Waals surface area contributed by atoms with Crippen LogP contribution in [0.2, 0.25) is 0 Å². The molecule has 0 saturated heterocycles. The first kappa shape index (κ1) is 33.2. The van der Waals surface area contributed by atoms with Crippen LogP contribution >= 0.6 is 0 Å². The van der Waals surface area contributed by atoms with Gasteiger partial charge in [-0.3, -0.25) is 0 Å². The van der Waals surface area contributed by atoms with E-state index in [9.17, 15) is 0 Å². The first-order chi connectivity index (χ1) is 26.0. The molecule has 54 heavy (non-hydrogen) atoms. The third-order valence-corrected chi connectivity index (χ3v) is 15.1. The van der Waals surface area contributed by atoms with Gasteiger partial charge in [0, 0.05) is 23.7 Å². The maximum atomic E-state index is 2.67. The van der Waals surface area contributed by atoms with E-state index in [1.807, 2.05) is 0 Å². The Balaban J connectivity index is 0.895.